The standard InChI is InChI=1S/C28H32N2O2/c1-4-29-28(32)26(18-23-13-6-5-7-14-23)30(20-24-15-10-11-21(2)17-24)27(31)19-25-16-9-8-12-22(25)3/h5-17,26H,4,18-20H2,1-3H3,(H,29,32)/t26-/m1/s1. The number of benzene rings is 3. The predicted molar refractivity (Wildman–Crippen MR) is 129 cm³/mol. The lowest BCUT2D eigenvalue weighted by Gasteiger charge is -2.32. The second kappa shape index (κ2) is 11.3. The first-order chi connectivity index (χ1) is 15.5. The Bertz CT molecular complexity index is 1050. The van der Waals surface area contributed by atoms with Gasteiger partial charge in [0.05, 0.1) is 6.42 Å². The number of hydrogen-bond donors (Lipinski definition) is 1. The van der Waals surface area contributed by atoms with Gasteiger partial charge in [0.25, 0.3) is 0 Å². The van der Waals surface area contributed by atoms with Crippen LogP contribution in [0.2, 0.25) is 0 Å². The molecule has 0 aromatic heterocycles. The quantitative estimate of drug-likeness (QED) is 0.541. The molecule has 4 nitrogen and oxygen atoms in total. The molecule has 0 heterocycles. The minimum Gasteiger partial charge on any atom is -0.355 e. The van der Waals surface area contributed by atoms with E-state index in [1.54, 1.807) is 4.90 Å². The van der Waals surface area contributed by atoms with Crippen LogP contribution in [0.25, 0.3) is 0 Å². The number of likely N-dealkylation sites (N-methyl/N-ethyl adjacent to an activating group) is 1. The lowest BCUT2D eigenvalue weighted by molar-refractivity contribution is -0.140. The second-order valence-corrected chi connectivity index (χ2v) is 8.21. The Labute approximate surface area is 191 Å². The molecule has 0 unspecified atom stereocenters. The van der Waals surface area contributed by atoms with Gasteiger partial charge in [-0.15, -0.1) is 0 Å². The molecule has 0 fully saturated rings. The first-order valence-electron chi connectivity index (χ1n) is 11.2. The summed E-state index contributed by atoms with van der Waals surface area (Å²) in [6.45, 7) is 6.86. The zero-order valence-corrected chi connectivity index (χ0v) is 19.2. The molecule has 0 aliphatic rings. The molecule has 32 heavy (non-hydrogen) atoms. The molecule has 4 heteroatoms. The maximum atomic E-state index is 13.6. The van der Waals surface area contributed by atoms with E-state index in [0.717, 1.165) is 27.8 Å². The summed E-state index contributed by atoms with van der Waals surface area (Å²) >= 11 is 0. The van der Waals surface area contributed by atoms with Crippen LogP contribution in [0.4, 0.5) is 0 Å². The van der Waals surface area contributed by atoms with Crippen molar-refractivity contribution in [3.63, 3.8) is 0 Å². The molecular weight excluding hydrogens is 396 g/mol. The van der Waals surface area contributed by atoms with E-state index in [4.69, 9.17) is 0 Å². The molecule has 2 amide bonds. The number of carbonyl (C=O) groups is 2. The number of nitrogens with one attached hydrogen (secondary N) is 1. The molecule has 1 N–H and O–H groups in total. The van der Waals surface area contributed by atoms with E-state index < -0.39 is 6.04 Å². The summed E-state index contributed by atoms with van der Waals surface area (Å²) in [5.74, 6) is -0.171. The van der Waals surface area contributed by atoms with Gasteiger partial charge in [0, 0.05) is 19.5 Å². The fraction of sp³-hybridized carbons (Fsp3) is 0.286. The zero-order chi connectivity index (χ0) is 22.9. The molecule has 0 radical (unpaired) electrons. The van der Waals surface area contributed by atoms with Crippen LogP contribution in [0, 0.1) is 13.8 Å². The Morgan fingerprint density at radius 2 is 1.56 bits per heavy atom. The molecule has 0 bridgehead atoms. The molecule has 3 rings (SSSR count). The van der Waals surface area contributed by atoms with Crippen molar-refractivity contribution in [1.82, 2.24) is 10.2 Å². The SMILES string of the molecule is CCNC(=O)[C@@H](Cc1ccccc1)N(Cc1cccc(C)c1)C(=O)Cc1ccccc1C. The van der Waals surface area contributed by atoms with Gasteiger partial charge in [-0.05, 0) is 43.0 Å². The van der Waals surface area contributed by atoms with Crippen molar-refractivity contribution >= 4 is 11.8 Å². The highest BCUT2D eigenvalue weighted by Crippen LogP contribution is 2.18. The highest BCUT2D eigenvalue weighted by atomic mass is 16.2. The second-order valence-electron chi connectivity index (χ2n) is 8.21. The first-order valence-corrected chi connectivity index (χ1v) is 11.2. The summed E-state index contributed by atoms with van der Waals surface area (Å²) in [4.78, 5) is 28.6. The van der Waals surface area contributed by atoms with Crippen LogP contribution in [-0.2, 0) is 29.0 Å². The van der Waals surface area contributed by atoms with Crippen LogP contribution >= 0.6 is 0 Å². The molecule has 1 atom stereocenters. The maximum absolute atomic E-state index is 13.6. The van der Waals surface area contributed by atoms with Gasteiger partial charge < -0.3 is 10.2 Å². The monoisotopic (exact) mass is 428 g/mol. The Hall–Kier alpha value is -3.40. The Balaban J connectivity index is 1.96. The molecule has 3 aromatic rings. The number of rotatable bonds is 9. The van der Waals surface area contributed by atoms with Gasteiger partial charge >= 0.3 is 0 Å². The van der Waals surface area contributed by atoms with Crippen molar-refractivity contribution in [3.8, 4) is 0 Å². The Kier molecular flexibility index (Phi) is 8.20. The van der Waals surface area contributed by atoms with E-state index in [0.29, 0.717) is 19.5 Å². The summed E-state index contributed by atoms with van der Waals surface area (Å²) in [5, 5.41) is 2.94. The predicted octanol–water partition coefficient (Wildman–Crippen LogP) is 4.62. The third kappa shape index (κ3) is 6.30. The van der Waals surface area contributed by atoms with Gasteiger partial charge in [-0.2, -0.15) is 0 Å². The van der Waals surface area contributed by atoms with Crippen LogP contribution in [0.15, 0.2) is 78.9 Å². The van der Waals surface area contributed by atoms with Crippen molar-refractivity contribution < 1.29 is 9.59 Å². The van der Waals surface area contributed by atoms with Crippen molar-refractivity contribution in [1.29, 1.82) is 0 Å². The van der Waals surface area contributed by atoms with Gasteiger partial charge in [-0.1, -0.05) is 84.4 Å². The van der Waals surface area contributed by atoms with Gasteiger partial charge in [-0.3, -0.25) is 9.59 Å². The highest BCUT2D eigenvalue weighted by Gasteiger charge is 2.30. The zero-order valence-electron chi connectivity index (χ0n) is 19.2. The largest absolute Gasteiger partial charge is 0.355 e. The summed E-state index contributed by atoms with van der Waals surface area (Å²) in [6, 6.07) is 25.3. The smallest absolute Gasteiger partial charge is 0.243 e. The van der Waals surface area contributed by atoms with Crippen LogP contribution in [-0.4, -0.2) is 29.3 Å². The van der Waals surface area contributed by atoms with E-state index in [9.17, 15) is 9.59 Å². The Morgan fingerprint density at radius 1 is 0.875 bits per heavy atom. The fourth-order valence-electron chi connectivity index (χ4n) is 3.93. The number of aryl methyl sites for hydroxylation is 2. The number of amides is 2. The average Bonchev–Trinajstić information content (AvgIpc) is 2.78. The van der Waals surface area contributed by atoms with Gasteiger partial charge in [0.2, 0.25) is 11.8 Å². The first kappa shape index (κ1) is 23.3. The van der Waals surface area contributed by atoms with Crippen molar-refractivity contribution in [2.24, 2.45) is 0 Å². The minimum atomic E-state index is -0.589. The lowest BCUT2D eigenvalue weighted by Crippen LogP contribution is -2.51. The molecule has 0 aliphatic heterocycles. The van der Waals surface area contributed by atoms with Crippen LogP contribution in [0.3, 0.4) is 0 Å². The molecule has 3 aromatic carbocycles. The minimum absolute atomic E-state index is 0.0482. The third-order valence-corrected chi connectivity index (χ3v) is 5.66. The van der Waals surface area contributed by atoms with E-state index in [2.05, 4.69) is 11.4 Å². The van der Waals surface area contributed by atoms with Crippen molar-refractivity contribution in [2.45, 2.75) is 46.2 Å². The molecule has 166 valence electrons. The van der Waals surface area contributed by atoms with E-state index in [1.165, 1.54) is 0 Å². The number of carbonyl (C=O) groups excluding carboxylic acids is 2. The highest BCUT2D eigenvalue weighted by molar-refractivity contribution is 5.88. The topological polar surface area (TPSA) is 49.4 Å². The van der Waals surface area contributed by atoms with E-state index >= 15 is 0 Å². The summed E-state index contributed by atoms with van der Waals surface area (Å²) in [5.41, 5.74) is 5.24. The maximum Gasteiger partial charge on any atom is 0.243 e. The Morgan fingerprint density at radius 3 is 2.25 bits per heavy atom. The number of hydrogen-bond acceptors (Lipinski definition) is 2. The van der Waals surface area contributed by atoms with Crippen LogP contribution < -0.4 is 5.32 Å². The summed E-state index contributed by atoms with van der Waals surface area (Å²) in [6.07, 6.45) is 0.737. The van der Waals surface area contributed by atoms with Gasteiger partial charge in [0.15, 0.2) is 0 Å². The third-order valence-electron chi connectivity index (χ3n) is 5.66. The number of nitrogens with zero attached hydrogens (tertiary/aromatic N) is 1. The van der Waals surface area contributed by atoms with Crippen molar-refractivity contribution in [2.75, 3.05) is 6.54 Å². The van der Waals surface area contributed by atoms with E-state index in [-0.39, 0.29) is 18.2 Å². The normalized spacial score (nSPS) is 11.6. The van der Waals surface area contributed by atoms with Gasteiger partial charge in [-0.25, -0.2) is 0 Å². The van der Waals surface area contributed by atoms with Crippen LogP contribution in [0.1, 0.15) is 34.7 Å². The molecule has 0 saturated carbocycles. The lowest BCUT2D eigenvalue weighted by atomic mass is 10.00. The van der Waals surface area contributed by atoms with Crippen LogP contribution in [0.5, 0.6) is 0 Å². The fourth-order valence-corrected chi connectivity index (χ4v) is 3.93. The summed E-state index contributed by atoms with van der Waals surface area (Å²) in [7, 11) is 0. The molecular formula is C28H32N2O2. The van der Waals surface area contributed by atoms with Gasteiger partial charge in [0.1, 0.15) is 6.04 Å². The molecule has 0 saturated heterocycles. The molecule has 0 aliphatic carbocycles. The average molecular weight is 429 g/mol. The van der Waals surface area contributed by atoms with E-state index in [1.807, 2.05) is 93.6 Å². The molecule has 0 spiro atoms. The summed E-state index contributed by atoms with van der Waals surface area (Å²) < 4.78 is 0. The van der Waals surface area contributed by atoms with Crippen molar-refractivity contribution in [3.05, 3.63) is 107 Å².